The highest BCUT2D eigenvalue weighted by atomic mass is 79.9. The Balaban J connectivity index is 2.98. The zero-order valence-electron chi connectivity index (χ0n) is 6.98. The number of hydrogen-bond donors (Lipinski definition) is 1. The van der Waals surface area contributed by atoms with Gasteiger partial charge in [-0.25, -0.2) is 0 Å². The molecule has 0 saturated heterocycles. The Morgan fingerprint density at radius 1 is 1.64 bits per heavy atom. The van der Waals surface area contributed by atoms with E-state index < -0.39 is 0 Å². The lowest BCUT2D eigenvalue weighted by Crippen LogP contribution is -2.06. The third-order valence-electron chi connectivity index (χ3n) is 1.64. The minimum atomic E-state index is 0.825. The normalized spacial score (nSPS) is 10.5. The van der Waals surface area contributed by atoms with Crippen LogP contribution in [0.15, 0.2) is 4.60 Å². The maximum Gasteiger partial charge on any atom is 0.106 e. The van der Waals surface area contributed by atoms with Gasteiger partial charge in [0.1, 0.15) is 4.60 Å². The van der Waals surface area contributed by atoms with Crippen LogP contribution in [0.4, 0.5) is 0 Å². The van der Waals surface area contributed by atoms with Crippen molar-refractivity contribution in [3.05, 3.63) is 15.9 Å². The van der Waals surface area contributed by atoms with Gasteiger partial charge in [-0.15, -0.1) is 0 Å². The van der Waals surface area contributed by atoms with Crippen molar-refractivity contribution < 1.29 is 0 Å². The minimum Gasteiger partial charge on any atom is -0.314 e. The van der Waals surface area contributed by atoms with Gasteiger partial charge in [0.2, 0.25) is 0 Å². The van der Waals surface area contributed by atoms with Crippen LogP contribution < -0.4 is 5.32 Å². The summed E-state index contributed by atoms with van der Waals surface area (Å²) in [7, 11) is 3.85. The lowest BCUT2D eigenvalue weighted by molar-refractivity contribution is 0.703. The third kappa shape index (κ3) is 1.62. The van der Waals surface area contributed by atoms with Gasteiger partial charge >= 0.3 is 0 Å². The molecule has 0 aliphatic rings. The summed E-state index contributed by atoms with van der Waals surface area (Å²) in [4.78, 5) is 0. The number of aromatic nitrogens is 2. The second kappa shape index (κ2) is 3.36. The SMILES string of the molecule is CNCc1nn(C)c(Br)c1C. The summed E-state index contributed by atoms with van der Waals surface area (Å²) in [6.07, 6.45) is 0. The van der Waals surface area contributed by atoms with E-state index in [2.05, 4.69) is 33.3 Å². The van der Waals surface area contributed by atoms with Gasteiger partial charge in [-0.05, 0) is 29.9 Å². The molecule has 62 valence electrons. The van der Waals surface area contributed by atoms with Crippen LogP contribution >= 0.6 is 15.9 Å². The first-order valence-corrected chi connectivity index (χ1v) is 4.28. The average molecular weight is 218 g/mol. The van der Waals surface area contributed by atoms with E-state index in [0.29, 0.717) is 0 Å². The van der Waals surface area contributed by atoms with Gasteiger partial charge in [0.15, 0.2) is 0 Å². The number of hydrogen-bond acceptors (Lipinski definition) is 2. The van der Waals surface area contributed by atoms with Crippen molar-refractivity contribution in [1.82, 2.24) is 15.1 Å². The average Bonchev–Trinajstić information content (AvgIpc) is 2.19. The molecule has 0 radical (unpaired) electrons. The molecule has 1 rings (SSSR count). The van der Waals surface area contributed by atoms with Crippen LogP contribution in [0, 0.1) is 6.92 Å². The number of rotatable bonds is 2. The fraction of sp³-hybridized carbons (Fsp3) is 0.571. The van der Waals surface area contributed by atoms with Crippen molar-refractivity contribution in [3.8, 4) is 0 Å². The zero-order chi connectivity index (χ0) is 8.43. The second-order valence-electron chi connectivity index (χ2n) is 2.52. The van der Waals surface area contributed by atoms with Crippen molar-refractivity contribution in [1.29, 1.82) is 0 Å². The van der Waals surface area contributed by atoms with E-state index >= 15 is 0 Å². The van der Waals surface area contributed by atoms with Gasteiger partial charge in [0.05, 0.1) is 5.69 Å². The van der Waals surface area contributed by atoms with E-state index in [1.54, 1.807) is 0 Å². The van der Waals surface area contributed by atoms with E-state index in [4.69, 9.17) is 0 Å². The van der Waals surface area contributed by atoms with Crippen molar-refractivity contribution in [2.75, 3.05) is 7.05 Å². The van der Waals surface area contributed by atoms with Gasteiger partial charge < -0.3 is 5.32 Å². The summed E-state index contributed by atoms with van der Waals surface area (Å²) in [5, 5.41) is 7.38. The van der Waals surface area contributed by atoms with Crippen LogP contribution in [0.3, 0.4) is 0 Å². The van der Waals surface area contributed by atoms with E-state index in [1.807, 2.05) is 18.8 Å². The van der Waals surface area contributed by atoms with Crippen LogP contribution in [0.1, 0.15) is 11.3 Å². The molecule has 0 spiro atoms. The molecule has 4 heteroatoms. The van der Waals surface area contributed by atoms with E-state index in [0.717, 1.165) is 16.8 Å². The zero-order valence-corrected chi connectivity index (χ0v) is 8.57. The molecule has 0 unspecified atom stereocenters. The van der Waals surface area contributed by atoms with E-state index in [1.165, 1.54) is 5.56 Å². The van der Waals surface area contributed by atoms with Gasteiger partial charge in [0.25, 0.3) is 0 Å². The van der Waals surface area contributed by atoms with Gasteiger partial charge in [-0.1, -0.05) is 0 Å². The number of aryl methyl sites for hydroxylation is 1. The molecule has 0 fully saturated rings. The molecule has 1 aromatic rings. The van der Waals surface area contributed by atoms with E-state index in [9.17, 15) is 0 Å². The van der Waals surface area contributed by atoms with Crippen molar-refractivity contribution in [3.63, 3.8) is 0 Å². The molecule has 11 heavy (non-hydrogen) atoms. The molecule has 0 aliphatic heterocycles. The molecule has 1 heterocycles. The van der Waals surface area contributed by atoms with Crippen LogP contribution in [0.2, 0.25) is 0 Å². The molecule has 0 saturated carbocycles. The molecule has 0 amide bonds. The van der Waals surface area contributed by atoms with Crippen LogP contribution in [-0.2, 0) is 13.6 Å². The largest absolute Gasteiger partial charge is 0.314 e. The van der Waals surface area contributed by atoms with Gasteiger partial charge in [0, 0.05) is 19.2 Å². The van der Waals surface area contributed by atoms with Crippen LogP contribution in [0.25, 0.3) is 0 Å². The Morgan fingerprint density at radius 2 is 2.27 bits per heavy atom. The predicted molar refractivity (Wildman–Crippen MR) is 48.4 cm³/mol. The molecule has 0 aliphatic carbocycles. The van der Waals surface area contributed by atoms with Crippen LogP contribution in [-0.4, -0.2) is 16.8 Å². The molecule has 3 nitrogen and oxygen atoms in total. The summed E-state index contributed by atoms with van der Waals surface area (Å²) < 4.78 is 2.89. The Bertz CT molecular complexity index is 254. The quantitative estimate of drug-likeness (QED) is 0.808. The van der Waals surface area contributed by atoms with Crippen molar-refractivity contribution in [2.45, 2.75) is 13.5 Å². The first kappa shape index (κ1) is 8.74. The van der Waals surface area contributed by atoms with Gasteiger partial charge in [-0.2, -0.15) is 5.10 Å². The van der Waals surface area contributed by atoms with Crippen molar-refractivity contribution in [2.24, 2.45) is 7.05 Å². The monoisotopic (exact) mass is 217 g/mol. The standard InChI is InChI=1S/C7H12BrN3/c1-5-6(4-9-2)10-11(3)7(5)8/h9H,4H2,1-3H3. The Morgan fingerprint density at radius 3 is 2.64 bits per heavy atom. The number of halogens is 1. The maximum atomic E-state index is 4.31. The topological polar surface area (TPSA) is 29.9 Å². The predicted octanol–water partition coefficient (Wildman–Crippen LogP) is 1.21. The summed E-state index contributed by atoms with van der Waals surface area (Å²) in [5.74, 6) is 0. The summed E-state index contributed by atoms with van der Waals surface area (Å²) >= 11 is 3.44. The minimum absolute atomic E-state index is 0.825. The van der Waals surface area contributed by atoms with Crippen LogP contribution in [0.5, 0.6) is 0 Å². The molecular formula is C7H12BrN3. The molecule has 0 bridgehead atoms. The highest BCUT2D eigenvalue weighted by Crippen LogP contribution is 2.17. The molecule has 0 aromatic carbocycles. The number of nitrogens with one attached hydrogen (secondary N) is 1. The molecular weight excluding hydrogens is 206 g/mol. The smallest absolute Gasteiger partial charge is 0.106 e. The number of nitrogens with zero attached hydrogens (tertiary/aromatic N) is 2. The Kier molecular flexibility index (Phi) is 2.67. The maximum absolute atomic E-state index is 4.31. The fourth-order valence-electron chi connectivity index (χ4n) is 0.997. The summed E-state index contributed by atoms with van der Waals surface area (Å²) in [6, 6.07) is 0. The Hall–Kier alpha value is -0.350. The highest BCUT2D eigenvalue weighted by molar-refractivity contribution is 9.10. The molecule has 1 aromatic heterocycles. The second-order valence-corrected chi connectivity index (χ2v) is 3.27. The first-order chi connectivity index (χ1) is 5.16. The lowest BCUT2D eigenvalue weighted by Gasteiger charge is -1.93. The fourth-order valence-corrected chi connectivity index (χ4v) is 1.31. The van der Waals surface area contributed by atoms with Gasteiger partial charge in [-0.3, -0.25) is 4.68 Å². The first-order valence-electron chi connectivity index (χ1n) is 3.49. The molecule has 0 atom stereocenters. The highest BCUT2D eigenvalue weighted by Gasteiger charge is 2.07. The lowest BCUT2D eigenvalue weighted by atomic mass is 10.3. The van der Waals surface area contributed by atoms with E-state index in [-0.39, 0.29) is 0 Å². The third-order valence-corrected chi connectivity index (χ3v) is 2.75. The summed E-state index contributed by atoms with van der Waals surface area (Å²) in [5.41, 5.74) is 2.31. The molecule has 1 N–H and O–H groups in total. The van der Waals surface area contributed by atoms with Crippen molar-refractivity contribution >= 4 is 15.9 Å². The summed E-state index contributed by atoms with van der Waals surface area (Å²) in [6.45, 7) is 2.88. The Labute approximate surface area is 74.9 Å².